The van der Waals surface area contributed by atoms with E-state index in [4.69, 9.17) is 28.4 Å². The molecule has 0 spiro atoms. The van der Waals surface area contributed by atoms with Gasteiger partial charge in [0.15, 0.2) is 0 Å². The van der Waals surface area contributed by atoms with Gasteiger partial charge in [0.2, 0.25) is 0 Å². The molecule has 3 aliphatic rings. The van der Waals surface area contributed by atoms with Gasteiger partial charge < -0.3 is 28.4 Å². The van der Waals surface area contributed by atoms with E-state index >= 15 is 0 Å². The standard InChI is InChI=1S/C10H18O5.C4H8O/c1(3-12-5-9-7-14-9)11-2-4-13-6-10-8-15-10;1-4-2-5-3-4/h9-10H,1-8H2;4H,2-3H2,1H3. The molecule has 0 aromatic rings. The smallest absolute Gasteiger partial charge is 0.104 e. The van der Waals surface area contributed by atoms with Crippen LogP contribution in [0.2, 0.25) is 0 Å². The zero-order valence-corrected chi connectivity index (χ0v) is 12.3. The number of hydrogen-bond acceptors (Lipinski definition) is 6. The molecule has 3 saturated heterocycles. The van der Waals surface area contributed by atoms with Gasteiger partial charge in [0.25, 0.3) is 0 Å². The molecule has 0 aliphatic carbocycles. The van der Waals surface area contributed by atoms with E-state index in [1.807, 2.05) is 0 Å². The molecule has 0 bridgehead atoms. The van der Waals surface area contributed by atoms with Crippen molar-refractivity contribution < 1.29 is 28.4 Å². The summed E-state index contributed by atoms with van der Waals surface area (Å²) < 4.78 is 30.7. The summed E-state index contributed by atoms with van der Waals surface area (Å²) in [6, 6.07) is 0. The Hall–Kier alpha value is -0.240. The first-order valence-corrected chi connectivity index (χ1v) is 7.38. The minimum atomic E-state index is 0.340. The van der Waals surface area contributed by atoms with Crippen LogP contribution < -0.4 is 0 Å². The number of epoxide rings is 2. The summed E-state index contributed by atoms with van der Waals surface area (Å²) in [6.07, 6.45) is 0.679. The van der Waals surface area contributed by atoms with Gasteiger partial charge in [-0.15, -0.1) is 0 Å². The molecule has 0 aromatic carbocycles. The molecule has 3 aliphatic heterocycles. The third-order valence-electron chi connectivity index (χ3n) is 2.96. The molecule has 0 saturated carbocycles. The second kappa shape index (κ2) is 9.65. The number of ether oxygens (including phenoxy) is 6. The number of hydrogen-bond donors (Lipinski definition) is 0. The largest absolute Gasteiger partial charge is 0.381 e. The van der Waals surface area contributed by atoms with Crippen molar-refractivity contribution in [1.29, 1.82) is 0 Å². The lowest BCUT2D eigenvalue weighted by atomic mass is 10.2. The lowest BCUT2D eigenvalue weighted by Gasteiger charge is -2.20. The summed E-state index contributed by atoms with van der Waals surface area (Å²) >= 11 is 0. The van der Waals surface area contributed by atoms with Crippen LogP contribution in [-0.2, 0) is 28.4 Å². The number of rotatable bonds is 10. The molecule has 0 amide bonds. The third-order valence-corrected chi connectivity index (χ3v) is 2.96. The summed E-state index contributed by atoms with van der Waals surface area (Å²) in [5.74, 6) is 0.843. The highest BCUT2D eigenvalue weighted by Gasteiger charge is 2.22. The molecule has 3 heterocycles. The summed E-state index contributed by atoms with van der Waals surface area (Å²) in [5.41, 5.74) is 0. The molecule has 0 radical (unpaired) electrons. The first-order chi connectivity index (χ1) is 9.84. The second-order valence-corrected chi connectivity index (χ2v) is 5.32. The summed E-state index contributed by atoms with van der Waals surface area (Å²) in [6.45, 7) is 9.74. The van der Waals surface area contributed by atoms with E-state index in [0.29, 0.717) is 51.8 Å². The molecular weight excluding hydrogens is 264 g/mol. The maximum Gasteiger partial charge on any atom is 0.104 e. The van der Waals surface area contributed by atoms with Gasteiger partial charge in [-0.3, -0.25) is 0 Å². The zero-order chi connectivity index (χ0) is 14.0. The Morgan fingerprint density at radius 1 is 0.750 bits per heavy atom. The fourth-order valence-electron chi connectivity index (χ4n) is 1.45. The Balaban J connectivity index is 0.000000247. The van der Waals surface area contributed by atoms with Gasteiger partial charge in [-0.25, -0.2) is 0 Å². The van der Waals surface area contributed by atoms with Gasteiger partial charge in [-0.1, -0.05) is 6.92 Å². The van der Waals surface area contributed by atoms with Crippen molar-refractivity contribution in [2.45, 2.75) is 19.1 Å². The van der Waals surface area contributed by atoms with Crippen LogP contribution in [0.5, 0.6) is 0 Å². The summed E-state index contributed by atoms with van der Waals surface area (Å²) in [4.78, 5) is 0. The van der Waals surface area contributed by atoms with Crippen molar-refractivity contribution in [3.63, 3.8) is 0 Å². The Morgan fingerprint density at radius 2 is 1.15 bits per heavy atom. The molecule has 6 nitrogen and oxygen atoms in total. The van der Waals surface area contributed by atoms with E-state index in [1.54, 1.807) is 0 Å². The van der Waals surface area contributed by atoms with Crippen LogP contribution >= 0.6 is 0 Å². The van der Waals surface area contributed by atoms with Crippen LogP contribution in [0.25, 0.3) is 0 Å². The molecule has 118 valence electrons. The Kier molecular flexibility index (Phi) is 7.79. The highest BCUT2D eigenvalue weighted by Crippen LogP contribution is 2.08. The monoisotopic (exact) mass is 290 g/mol. The second-order valence-electron chi connectivity index (χ2n) is 5.32. The fraction of sp³-hybridized carbons (Fsp3) is 1.00. The van der Waals surface area contributed by atoms with Crippen LogP contribution in [0.1, 0.15) is 6.92 Å². The maximum absolute atomic E-state index is 5.31. The molecule has 3 fully saturated rings. The average molecular weight is 290 g/mol. The molecule has 20 heavy (non-hydrogen) atoms. The van der Waals surface area contributed by atoms with E-state index in [1.165, 1.54) is 0 Å². The predicted molar refractivity (Wildman–Crippen MR) is 71.9 cm³/mol. The fourth-order valence-corrected chi connectivity index (χ4v) is 1.45. The van der Waals surface area contributed by atoms with Gasteiger partial charge in [-0.05, 0) is 0 Å². The van der Waals surface area contributed by atoms with E-state index in [0.717, 1.165) is 32.3 Å². The molecule has 2 atom stereocenters. The van der Waals surface area contributed by atoms with Crippen molar-refractivity contribution in [2.75, 3.05) is 66.1 Å². The SMILES string of the molecule is C(COCC1CO1)OCCOCC1CO1.CC1COC1. The van der Waals surface area contributed by atoms with Crippen molar-refractivity contribution in [1.82, 2.24) is 0 Å². The van der Waals surface area contributed by atoms with Gasteiger partial charge in [0.05, 0.1) is 66.1 Å². The quantitative estimate of drug-likeness (QED) is 0.431. The van der Waals surface area contributed by atoms with Crippen molar-refractivity contribution >= 4 is 0 Å². The minimum absolute atomic E-state index is 0.340. The first-order valence-electron chi connectivity index (χ1n) is 7.38. The Morgan fingerprint density at radius 3 is 1.45 bits per heavy atom. The summed E-state index contributed by atoms with van der Waals surface area (Å²) in [7, 11) is 0. The molecular formula is C14H26O6. The summed E-state index contributed by atoms with van der Waals surface area (Å²) in [5, 5.41) is 0. The van der Waals surface area contributed by atoms with Gasteiger partial charge >= 0.3 is 0 Å². The molecule has 0 N–H and O–H groups in total. The molecule has 2 unspecified atom stereocenters. The van der Waals surface area contributed by atoms with Crippen molar-refractivity contribution in [3.8, 4) is 0 Å². The zero-order valence-electron chi connectivity index (χ0n) is 12.3. The van der Waals surface area contributed by atoms with Crippen LogP contribution in [0.3, 0.4) is 0 Å². The minimum Gasteiger partial charge on any atom is -0.381 e. The van der Waals surface area contributed by atoms with Crippen LogP contribution in [0, 0.1) is 5.92 Å². The highest BCUT2D eigenvalue weighted by molar-refractivity contribution is 4.67. The lowest BCUT2D eigenvalue weighted by Crippen LogP contribution is -2.23. The lowest BCUT2D eigenvalue weighted by molar-refractivity contribution is -0.0221. The Labute approximate surface area is 120 Å². The molecule has 3 rings (SSSR count). The van der Waals surface area contributed by atoms with Crippen LogP contribution in [0.4, 0.5) is 0 Å². The van der Waals surface area contributed by atoms with Gasteiger partial charge in [0, 0.05) is 5.92 Å². The van der Waals surface area contributed by atoms with Crippen LogP contribution in [0.15, 0.2) is 0 Å². The maximum atomic E-state index is 5.31. The highest BCUT2D eigenvalue weighted by atomic mass is 16.6. The topological polar surface area (TPSA) is 62.0 Å². The normalized spacial score (nSPS) is 27.4. The molecule has 6 heteroatoms. The van der Waals surface area contributed by atoms with E-state index in [2.05, 4.69) is 6.92 Å². The predicted octanol–water partition coefficient (Wildman–Crippen LogP) is 0.487. The van der Waals surface area contributed by atoms with Crippen LogP contribution in [-0.4, -0.2) is 78.3 Å². The van der Waals surface area contributed by atoms with E-state index in [-0.39, 0.29) is 0 Å². The third kappa shape index (κ3) is 8.84. The average Bonchev–Trinajstić information content (AvgIpc) is 3.29. The first kappa shape index (κ1) is 16.1. The van der Waals surface area contributed by atoms with Crippen molar-refractivity contribution in [2.24, 2.45) is 5.92 Å². The molecule has 0 aromatic heterocycles. The van der Waals surface area contributed by atoms with Gasteiger partial charge in [-0.2, -0.15) is 0 Å². The van der Waals surface area contributed by atoms with Crippen molar-refractivity contribution in [3.05, 3.63) is 0 Å². The van der Waals surface area contributed by atoms with Gasteiger partial charge in [0.1, 0.15) is 12.2 Å². The van der Waals surface area contributed by atoms with E-state index in [9.17, 15) is 0 Å². The Bertz CT molecular complexity index is 220. The van der Waals surface area contributed by atoms with E-state index < -0.39 is 0 Å².